The Morgan fingerprint density at radius 1 is 0.300 bits per heavy atom. The van der Waals surface area contributed by atoms with E-state index >= 15 is 0 Å². The monoisotopic (exact) mass is 510 g/mol. The van der Waals surface area contributed by atoms with Crippen LogP contribution < -0.4 is 0 Å². The van der Waals surface area contributed by atoms with Gasteiger partial charge in [0.05, 0.1) is 0 Å². The predicted molar refractivity (Wildman–Crippen MR) is 137 cm³/mol. The fraction of sp³-hybridized carbons (Fsp3) is 0. The molecule has 0 unspecified atom stereocenters. The van der Waals surface area contributed by atoms with E-state index in [4.69, 9.17) is 0 Å². The zero-order valence-corrected chi connectivity index (χ0v) is 19.2. The lowest BCUT2D eigenvalue weighted by atomic mass is 9.88. The largest absolute Gasteiger partial charge is 0.0616 e. The molecule has 30 heavy (non-hydrogen) atoms. The molecule has 0 radical (unpaired) electrons. The Morgan fingerprint density at radius 2 is 0.533 bits per heavy atom. The molecule has 6 rings (SSSR count). The van der Waals surface area contributed by atoms with Crippen molar-refractivity contribution in [2.75, 3.05) is 0 Å². The maximum atomic E-state index is 4.00. The van der Waals surface area contributed by atoms with Gasteiger partial charge >= 0.3 is 0 Å². The highest BCUT2D eigenvalue weighted by atomic mass is 79.9. The molecular formula is C28H16Br2. The first-order valence-corrected chi connectivity index (χ1v) is 11.5. The average Bonchev–Trinajstić information content (AvgIpc) is 2.81. The number of hydrogen-bond donors (Lipinski definition) is 0. The van der Waals surface area contributed by atoms with Gasteiger partial charge in [0.15, 0.2) is 0 Å². The fourth-order valence-corrected chi connectivity index (χ4v) is 6.20. The van der Waals surface area contributed by atoms with E-state index in [0.29, 0.717) is 0 Å². The van der Waals surface area contributed by atoms with Crippen molar-refractivity contribution >= 4 is 74.9 Å². The second-order valence-corrected chi connectivity index (χ2v) is 9.15. The third-order valence-corrected chi connectivity index (χ3v) is 7.64. The second-order valence-electron chi connectivity index (χ2n) is 7.56. The van der Waals surface area contributed by atoms with Gasteiger partial charge in [-0.05, 0) is 74.9 Å². The molecule has 0 fully saturated rings. The molecule has 0 bridgehead atoms. The normalized spacial score (nSPS) is 11.7. The van der Waals surface area contributed by atoms with Crippen molar-refractivity contribution in [1.29, 1.82) is 0 Å². The van der Waals surface area contributed by atoms with E-state index in [1.807, 2.05) is 0 Å². The molecule has 0 atom stereocenters. The van der Waals surface area contributed by atoms with Crippen LogP contribution in [0, 0.1) is 0 Å². The van der Waals surface area contributed by atoms with Gasteiger partial charge in [-0.15, -0.1) is 0 Å². The number of benzene rings is 6. The molecule has 142 valence electrons. The molecule has 0 nitrogen and oxygen atoms in total. The highest BCUT2D eigenvalue weighted by Gasteiger charge is 2.20. The lowest BCUT2D eigenvalue weighted by Gasteiger charge is -2.19. The van der Waals surface area contributed by atoms with E-state index in [-0.39, 0.29) is 0 Å². The van der Waals surface area contributed by atoms with Crippen molar-refractivity contribution < 1.29 is 0 Å². The van der Waals surface area contributed by atoms with E-state index in [0.717, 1.165) is 8.95 Å². The summed E-state index contributed by atoms with van der Waals surface area (Å²) in [7, 11) is 0. The van der Waals surface area contributed by atoms with Gasteiger partial charge in [-0.2, -0.15) is 0 Å². The lowest BCUT2D eigenvalue weighted by molar-refractivity contribution is 1.67. The van der Waals surface area contributed by atoms with Crippen LogP contribution in [0.2, 0.25) is 0 Å². The van der Waals surface area contributed by atoms with Crippen LogP contribution in [-0.4, -0.2) is 0 Å². The quantitative estimate of drug-likeness (QED) is 0.193. The minimum Gasteiger partial charge on any atom is -0.0616 e. The number of fused-ring (bicyclic) bond motifs is 6. The minimum atomic E-state index is 1.14. The predicted octanol–water partition coefficient (Wildman–Crippen LogP) is 9.49. The molecule has 0 aliphatic heterocycles. The van der Waals surface area contributed by atoms with Crippen LogP contribution in [0.4, 0.5) is 0 Å². The Balaban J connectivity index is 1.92. The molecule has 2 heteroatoms. The van der Waals surface area contributed by atoms with Gasteiger partial charge in [0.2, 0.25) is 0 Å². The zero-order chi connectivity index (χ0) is 20.2. The zero-order valence-electron chi connectivity index (χ0n) is 16.0. The number of hydrogen-bond acceptors (Lipinski definition) is 0. The summed E-state index contributed by atoms with van der Waals surface area (Å²) >= 11 is 8.01. The number of rotatable bonds is 1. The Bertz CT molecular complexity index is 1490. The van der Waals surface area contributed by atoms with Gasteiger partial charge in [-0.3, -0.25) is 0 Å². The van der Waals surface area contributed by atoms with Crippen molar-refractivity contribution in [2.45, 2.75) is 0 Å². The molecule has 6 aromatic carbocycles. The summed E-state index contributed by atoms with van der Waals surface area (Å²) in [5.41, 5.74) is 2.47. The van der Waals surface area contributed by atoms with Crippen LogP contribution in [0.1, 0.15) is 0 Å². The summed E-state index contributed by atoms with van der Waals surface area (Å²) in [5, 5.41) is 10.1. The first kappa shape index (κ1) is 18.1. The third-order valence-electron chi connectivity index (χ3n) is 5.99. The smallest absolute Gasteiger partial charge is 0.0339 e. The first-order valence-electron chi connectivity index (χ1n) is 9.94. The van der Waals surface area contributed by atoms with Crippen molar-refractivity contribution in [3.8, 4) is 11.1 Å². The molecule has 0 saturated heterocycles. The molecule has 6 aromatic rings. The Kier molecular flexibility index (Phi) is 4.19. The van der Waals surface area contributed by atoms with Gasteiger partial charge in [0, 0.05) is 20.1 Å². The van der Waals surface area contributed by atoms with E-state index in [2.05, 4.69) is 129 Å². The van der Waals surface area contributed by atoms with Crippen LogP contribution >= 0.6 is 31.9 Å². The van der Waals surface area contributed by atoms with Gasteiger partial charge in [0.25, 0.3) is 0 Å². The summed E-state index contributed by atoms with van der Waals surface area (Å²) in [5.74, 6) is 0. The van der Waals surface area contributed by atoms with Crippen molar-refractivity contribution in [3.63, 3.8) is 0 Å². The average molecular weight is 512 g/mol. The van der Waals surface area contributed by atoms with Gasteiger partial charge in [-0.1, -0.05) is 97.1 Å². The van der Waals surface area contributed by atoms with Crippen LogP contribution in [0.5, 0.6) is 0 Å². The maximum absolute atomic E-state index is 4.00. The van der Waals surface area contributed by atoms with Crippen LogP contribution in [0.25, 0.3) is 54.2 Å². The molecule has 0 aliphatic rings. The second kappa shape index (κ2) is 6.94. The Hall–Kier alpha value is -2.68. The number of halogens is 2. The van der Waals surface area contributed by atoms with Crippen LogP contribution in [-0.2, 0) is 0 Å². The van der Waals surface area contributed by atoms with Crippen molar-refractivity contribution in [3.05, 3.63) is 106 Å². The Morgan fingerprint density at radius 3 is 0.867 bits per heavy atom. The van der Waals surface area contributed by atoms with E-state index in [1.165, 1.54) is 54.2 Å². The maximum Gasteiger partial charge on any atom is 0.0339 e. The highest BCUT2D eigenvalue weighted by Crippen LogP contribution is 2.49. The van der Waals surface area contributed by atoms with Gasteiger partial charge in [-0.25, -0.2) is 0 Å². The lowest BCUT2D eigenvalue weighted by Crippen LogP contribution is -1.92. The molecule has 0 amide bonds. The summed E-state index contributed by atoms with van der Waals surface area (Å²) < 4.78 is 2.27. The Labute approximate surface area is 191 Å². The summed E-state index contributed by atoms with van der Waals surface area (Å²) in [6, 6.07) is 34.7. The molecule has 0 saturated carbocycles. The molecule has 0 heterocycles. The van der Waals surface area contributed by atoms with Crippen LogP contribution in [0.15, 0.2) is 106 Å². The molecule has 0 aliphatic carbocycles. The third kappa shape index (κ3) is 2.50. The molecular weight excluding hydrogens is 496 g/mol. The van der Waals surface area contributed by atoms with E-state index in [1.54, 1.807) is 0 Å². The standard InChI is InChI=1S/C28H16Br2/c29-27-23-15-7-3-11-19(23)17-9-1-5-13-21(17)25(27)26-22-14-6-2-10-18(22)20-12-4-8-16-24(20)28(26)30/h1-16H. The summed E-state index contributed by atoms with van der Waals surface area (Å²) in [6.07, 6.45) is 0. The molecule has 0 N–H and O–H groups in total. The topological polar surface area (TPSA) is 0 Å². The van der Waals surface area contributed by atoms with Gasteiger partial charge < -0.3 is 0 Å². The van der Waals surface area contributed by atoms with Crippen LogP contribution in [0.3, 0.4) is 0 Å². The van der Waals surface area contributed by atoms with E-state index < -0.39 is 0 Å². The van der Waals surface area contributed by atoms with E-state index in [9.17, 15) is 0 Å². The SMILES string of the molecule is Brc1c(-c2c(Br)c3ccccc3c3ccccc23)c2ccccc2c2ccccc12. The highest BCUT2D eigenvalue weighted by molar-refractivity contribution is 9.11. The van der Waals surface area contributed by atoms with Crippen molar-refractivity contribution in [1.82, 2.24) is 0 Å². The fourth-order valence-electron chi connectivity index (χ4n) is 4.69. The first-order chi connectivity index (χ1) is 14.8. The summed E-state index contributed by atoms with van der Waals surface area (Å²) in [4.78, 5) is 0. The molecule has 0 aromatic heterocycles. The van der Waals surface area contributed by atoms with Gasteiger partial charge in [0.1, 0.15) is 0 Å². The molecule has 0 spiro atoms. The summed E-state index contributed by atoms with van der Waals surface area (Å²) in [6.45, 7) is 0. The van der Waals surface area contributed by atoms with Crippen molar-refractivity contribution in [2.24, 2.45) is 0 Å². The minimum absolute atomic E-state index is 1.14.